The summed E-state index contributed by atoms with van der Waals surface area (Å²) in [6, 6.07) is 13.6. The standard InChI is InChI=1S/C22H23ClIN3O/c1-2-10-26(22(28)16-4-3-5-18(24)11-16)14-21-25-19-9-8-17(23)12-20(19)27(21)13-15-6-7-15/h3-5,8-9,11-12,15H,2,6-7,10,13-14H2,1H3. The van der Waals surface area contributed by atoms with Crippen molar-refractivity contribution >= 4 is 51.1 Å². The van der Waals surface area contributed by atoms with Crippen molar-refractivity contribution in [3.05, 3.63) is 62.4 Å². The van der Waals surface area contributed by atoms with Gasteiger partial charge in [0.1, 0.15) is 5.82 Å². The topological polar surface area (TPSA) is 38.1 Å². The van der Waals surface area contributed by atoms with E-state index in [1.807, 2.05) is 47.4 Å². The number of benzene rings is 2. The first-order chi connectivity index (χ1) is 13.5. The second-order valence-electron chi connectivity index (χ2n) is 7.45. The third-order valence-electron chi connectivity index (χ3n) is 5.11. The molecule has 0 bridgehead atoms. The minimum absolute atomic E-state index is 0.0587. The highest BCUT2D eigenvalue weighted by atomic mass is 127. The van der Waals surface area contributed by atoms with E-state index in [9.17, 15) is 4.79 Å². The van der Waals surface area contributed by atoms with Crippen LogP contribution in [0.4, 0.5) is 0 Å². The molecule has 4 nitrogen and oxygen atoms in total. The summed E-state index contributed by atoms with van der Waals surface area (Å²) in [5, 5.41) is 0.719. The first-order valence-corrected chi connectivity index (χ1v) is 11.2. The van der Waals surface area contributed by atoms with E-state index >= 15 is 0 Å². The summed E-state index contributed by atoms with van der Waals surface area (Å²) in [7, 11) is 0. The number of aromatic nitrogens is 2. The van der Waals surface area contributed by atoms with Crippen LogP contribution in [0.1, 0.15) is 42.4 Å². The van der Waals surface area contributed by atoms with Gasteiger partial charge in [-0.25, -0.2) is 4.98 Å². The summed E-state index contributed by atoms with van der Waals surface area (Å²) in [6.45, 7) is 4.26. The third-order valence-corrected chi connectivity index (χ3v) is 6.02. The van der Waals surface area contributed by atoms with Crippen LogP contribution in [-0.4, -0.2) is 26.9 Å². The number of carbonyl (C=O) groups is 1. The van der Waals surface area contributed by atoms with Gasteiger partial charge in [-0.3, -0.25) is 4.79 Å². The lowest BCUT2D eigenvalue weighted by Crippen LogP contribution is -2.32. The SMILES string of the molecule is CCCN(Cc1nc2ccc(Cl)cc2n1CC1CC1)C(=O)c1cccc(I)c1. The number of hydrogen-bond donors (Lipinski definition) is 0. The molecule has 1 heterocycles. The van der Waals surface area contributed by atoms with E-state index in [0.717, 1.165) is 44.0 Å². The largest absolute Gasteiger partial charge is 0.331 e. The summed E-state index contributed by atoms with van der Waals surface area (Å²) in [5.74, 6) is 1.71. The van der Waals surface area contributed by atoms with Gasteiger partial charge < -0.3 is 9.47 Å². The minimum Gasteiger partial charge on any atom is -0.331 e. The molecule has 0 radical (unpaired) electrons. The molecule has 1 saturated carbocycles. The summed E-state index contributed by atoms with van der Waals surface area (Å²) in [4.78, 5) is 19.9. The second-order valence-corrected chi connectivity index (χ2v) is 9.13. The van der Waals surface area contributed by atoms with Crippen molar-refractivity contribution in [3.63, 3.8) is 0 Å². The van der Waals surface area contributed by atoms with Gasteiger partial charge in [0.2, 0.25) is 0 Å². The summed E-state index contributed by atoms with van der Waals surface area (Å²) in [6.07, 6.45) is 3.43. The Balaban J connectivity index is 1.68. The Morgan fingerprint density at radius 3 is 2.82 bits per heavy atom. The Morgan fingerprint density at radius 1 is 1.29 bits per heavy atom. The van der Waals surface area contributed by atoms with E-state index in [1.54, 1.807) is 0 Å². The van der Waals surface area contributed by atoms with Crippen LogP contribution in [0.3, 0.4) is 0 Å². The van der Waals surface area contributed by atoms with Crippen LogP contribution in [0.15, 0.2) is 42.5 Å². The maximum Gasteiger partial charge on any atom is 0.254 e. The normalized spacial score (nSPS) is 13.8. The molecule has 4 rings (SSSR count). The molecule has 1 aliphatic carbocycles. The van der Waals surface area contributed by atoms with Crippen molar-refractivity contribution in [1.82, 2.24) is 14.5 Å². The Kier molecular flexibility index (Phi) is 5.92. The van der Waals surface area contributed by atoms with E-state index in [4.69, 9.17) is 16.6 Å². The molecule has 1 amide bonds. The molecule has 1 aliphatic rings. The fraction of sp³-hybridized carbons (Fsp3) is 0.364. The molecule has 28 heavy (non-hydrogen) atoms. The van der Waals surface area contributed by atoms with Gasteiger partial charge in [0.05, 0.1) is 17.6 Å². The van der Waals surface area contributed by atoms with Gasteiger partial charge in [0, 0.05) is 27.2 Å². The minimum atomic E-state index is 0.0587. The first-order valence-electron chi connectivity index (χ1n) is 9.74. The molecule has 146 valence electrons. The van der Waals surface area contributed by atoms with Gasteiger partial charge in [-0.2, -0.15) is 0 Å². The predicted molar refractivity (Wildman–Crippen MR) is 122 cm³/mol. The van der Waals surface area contributed by atoms with Gasteiger partial charge in [0.15, 0.2) is 0 Å². The summed E-state index contributed by atoms with van der Waals surface area (Å²) < 4.78 is 3.33. The number of rotatable bonds is 7. The predicted octanol–water partition coefficient (Wildman–Crippen LogP) is 5.76. The zero-order chi connectivity index (χ0) is 19.7. The number of halogens is 2. The molecule has 0 spiro atoms. The average Bonchev–Trinajstić information content (AvgIpc) is 3.44. The number of hydrogen-bond acceptors (Lipinski definition) is 2. The monoisotopic (exact) mass is 507 g/mol. The Morgan fingerprint density at radius 2 is 2.11 bits per heavy atom. The fourth-order valence-electron chi connectivity index (χ4n) is 3.53. The molecular formula is C22H23ClIN3O. The van der Waals surface area contributed by atoms with Gasteiger partial charge in [-0.05, 0) is 84.2 Å². The zero-order valence-corrected chi connectivity index (χ0v) is 18.8. The van der Waals surface area contributed by atoms with E-state index in [0.29, 0.717) is 19.0 Å². The lowest BCUT2D eigenvalue weighted by Gasteiger charge is -2.23. The highest BCUT2D eigenvalue weighted by molar-refractivity contribution is 14.1. The highest BCUT2D eigenvalue weighted by Gasteiger charge is 2.26. The maximum absolute atomic E-state index is 13.2. The lowest BCUT2D eigenvalue weighted by molar-refractivity contribution is 0.0737. The average molecular weight is 508 g/mol. The number of fused-ring (bicyclic) bond motifs is 1. The quantitative estimate of drug-likeness (QED) is 0.382. The van der Waals surface area contributed by atoms with Crippen molar-refractivity contribution in [2.75, 3.05) is 6.54 Å². The fourth-order valence-corrected chi connectivity index (χ4v) is 4.24. The van der Waals surface area contributed by atoms with E-state index in [-0.39, 0.29) is 5.91 Å². The summed E-state index contributed by atoms with van der Waals surface area (Å²) >= 11 is 8.49. The van der Waals surface area contributed by atoms with Crippen LogP contribution in [0.25, 0.3) is 11.0 Å². The van der Waals surface area contributed by atoms with Crippen LogP contribution in [0.5, 0.6) is 0 Å². The Bertz CT molecular complexity index is 1010. The van der Waals surface area contributed by atoms with Gasteiger partial charge >= 0.3 is 0 Å². The van der Waals surface area contributed by atoms with E-state index < -0.39 is 0 Å². The van der Waals surface area contributed by atoms with E-state index in [2.05, 4.69) is 34.1 Å². The zero-order valence-electron chi connectivity index (χ0n) is 15.9. The van der Waals surface area contributed by atoms with Crippen LogP contribution in [0, 0.1) is 9.49 Å². The molecule has 0 saturated heterocycles. The van der Waals surface area contributed by atoms with Crippen molar-refractivity contribution in [2.24, 2.45) is 5.92 Å². The molecular weight excluding hydrogens is 485 g/mol. The molecule has 0 unspecified atom stereocenters. The maximum atomic E-state index is 13.2. The van der Waals surface area contributed by atoms with Crippen molar-refractivity contribution < 1.29 is 4.79 Å². The van der Waals surface area contributed by atoms with Crippen LogP contribution in [0.2, 0.25) is 5.02 Å². The molecule has 0 aliphatic heterocycles. The van der Waals surface area contributed by atoms with Crippen molar-refractivity contribution in [3.8, 4) is 0 Å². The molecule has 0 N–H and O–H groups in total. The third kappa shape index (κ3) is 4.35. The number of carbonyl (C=O) groups excluding carboxylic acids is 1. The molecule has 1 aromatic heterocycles. The lowest BCUT2D eigenvalue weighted by atomic mass is 10.2. The molecule has 1 fully saturated rings. The Labute approximate surface area is 184 Å². The number of nitrogens with zero attached hydrogens (tertiary/aromatic N) is 3. The second kappa shape index (κ2) is 8.41. The molecule has 6 heteroatoms. The first kappa shape index (κ1) is 19.7. The van der Waals surface area contributed by atoms with Crippen molar-refractivity contribution in [1.29, 1.82) is 0 Å². The molecule has 0 atom stereocenters. The van der Waals surface area contributed by atoms with Crippen LogP contribution >= 0.6 is 34.2 Å². The number of amides is 1. The van der Waals surface area contributed by atoms with Crippen molar-refractivity contribution in [2.45, 2.75) is 39.3 Å². The molecule has 3 aromatic rings. The van der Waals surface area contributed by atoms with Crippen LogP contribution < -0.4 is 0 Å². The van der Waals surface area contributed by atoms with Gasteiger partial charge in [0.25, 0.3) is 5.91 Å². The van der Waals surface area contributed by atoms with Crippen LogP contribution in [-0.2, 0) is 13.1 Å². The van der Waals surface area contributed by atoms with Gasteiger partial charge in [-0.15, -0.1) is 0 Å². The number of imidazole rings is 1. The summed E-state index contributed by atoms with van der Waals surface area (Å²) in [5.41, 5.74) is 2.74. The smallest absolute Gasteiger partial charge is 0.254 e. The van der Waals surface area contributed by atoms with Gasteiger partial charge in [-0.1, -0.05) is 24.6 Å². The highest BCUT2D eigenvalue weighted by Crippen LogP contribution is 2.33. The molecule has 2 aromatic carbocycles. The van der Waals surface area contributed by atoms with E-state index in [1.165, 1.54) is 12.8 Å². The Hall–Kier alpha value is -1.60.